The first kappa shape index (κ1) is 23.9. The molecule has 168 valence electrons. The Labute approximate surface area is 175 Å². The van der Waals surface area contributed by atoms with Crippen molar-refractivity contribution in [2.75, 3.05) is 93.4 Å². The van der Waals surface area contributed by atoms with Gasteiger partial charge in [-0.25, -0.2) is 4.99 Å². The number of piperidine rings is 1. The molecule has 2 aliphatic rings. The van der Waals surface area contributed by atoms with Gasteiger partial charge in [0.25, 0.3) is 0 Å². The maximum absolute atomic E-state index is 12.0. The summed E-state index contributed by atoms with van der Waals surface area (Å²) in [6, 6.07) is 0.387. The van der Waals surface area contributed by atoms with E-state index in [1.165, 1.54) is 0 Å². The molecule has 2 rings (SSSR count). The summed E-state index contributed by atoms with van der Waals surface area (Å²) >= 11 is 0. The molecular weight excluding hydrogens is 372 g/mol. The molecule has 0 aromatic carbocycles. The van der Waals surface area contributed by atoms with Crippen molar-refractivity contribution < 1.29 is 14.3 Å². The smallest absolute Gasteiger partial charge is 0.243 e. The largest absolute Gasteiger partial charge is 0.385 e. The number of carbonyl (C=O) groups is 1. The summed E-state index contributed by atoms with van der Waals surface area (Å²) in [7, 11) is 5.27. The summed E-state index contributed by atoms with van der Waals surface area (Å²) in [5, 5.41) is 6.97. The maximum atomic E-state index is 12.0. The Balaban J connectivity index is 1.78. The van der Waals surface area contributed by atoms with E-state index in [4.69, 9.17) is 9.47 Å². The van der Waals surface area contributed by atoms with Gasteiger partial charge in [0.2, 0.25) is 5.91 Å². The Kier molecular flexibility index (Phi) is 11.3. The van der Waals surface area contributed by atoms with Crippen molar-refractivity contribution in [3.63, 3.8) is 0 Å². The monoisotopic (exact) mass is 412 g/mol. The summed E-state index contributed by atoms with van der Waals surface area (Å²) < 4.78 is 10.5. The number of nitrogens with one attached hydrogen (secondary N) is 2. The van der Waals surface area contributed by atoms with Gasteiger partial charge in [0, 0.05) is 79.7 Å². The van der Waals surface area contributed by atoms with Crippen LogP contribution in [0.3, 0.4) is 0 Å². The number of aliphatic imine (C=N–C) groups is 1. The van der Waals surface area contributed by atoms with E-state index >= 15 is 0 Å². The molecule has 29 heavy (non-hydrogen) atoms. The first-order chi connectivity index (χ1) is 14.1. The molecular formula is C20H40N6O3. The summed E-state index contributed by atoms with van der Waals surface area (Å²) in [6.45, 7) is 9.55. The number of likely N-dealkylation sites (N-methyl/N-ethyl adjacent to an activating group) is 1. The first-order valence-electron chi connectivity index (χ1n) is 10.8. The van der Waals surface area contributed by atoms with Crippen molar-refractivity contribution in [1.29, 1.82) is 0 Å². The van der Waals surface area contributed by atoms with E-state index in [1.807, 2.05) is 0 Å². The van der Waals surface area contributed by atoms with Gasteiger partial charge in [-0.3, -0.25) is 9.69 Å². The number of hydrogen-bond donors (Lipinski definition) is 2. The standard InChI is InChI=1S/C20H40N6O3/c1-24(2)19(27)17-22-20(21-7-11-26-12-15-29-16-13-26)23-18-5-9-25(10-6-18)8-4-14-28-3/h18H,4-17H2,1-3H3,(H2,21,22,23). The summed E-state index contributed by atoms with van der Waals surface area (Å²) in [5.41, 5.74) is 0. The molecule has 2 aliphatic heterocycles. The summed E-state index contributed by atoms with van der Waals surface area (Å²) in [5.74, 6) is 0.749. The third-order valence-corrected chi connectivity index (χ3v) is 5.45. The van der Waals surface area contributed by atoms with Crippen LogP contribution in [0.1, 0.15) is 19.3 Å². The Morgan fingerprint density at radius 2 is 1.83 bits per heavy atom. The molecule has 0 aliphatic carbocycles. The second-order valence-corrected chi connectivity index (χ2v) is 7.94. The van der Waals surface area contributed by atoms with Crippen molar-refractivity contribution in [1.82, 2.24) is 25.3 Å². The van der Waals surface area contributed by atoms with Gasteiger partial charge in [0.15, 0.2) is 5.96 Å². The topological polar surface area (TPSA) is 81.7 Å². The Morgan fingerprint density at radius 3 is 2.48 bits per heavy atom. The van der Waals surface area contributed by atoms with Gasteiger partial charge in [-0.2, -0.15) is 0 Å². The maximum Gasteiger partial charge on any atom is 0.243 e. The molecule has 0 unspecified atom stereocenters. The van der Waals surface area contributed by atoms with Crippen LogP contribution >= 0.6 is 0 Å². The van der Waals surface area contributed by atoms with Crippen LogP contribution in [0.2, 0.25) is 0 Å². The molecule has 0 aromatic heterocycles. The number of morpholine rings is 1. The number of guanidine groups is 1. The van der Waals surface area contributed by atoms with E-state index in [0.29, 0.717) is 6.04 Å². The average molecular weight is 413 g/mol. The average Bonchev–Trinajstić information content (AvgIpc) is 2.73. The summed E-state index contributed by atoms with van der Waals surface area (Å²) in [4.78, 5) is 22.9. The Bertz CT molecular complexity index is 489. The highest BCUT2D eigenvalue weighted by Gasteiger charge is 2.20. The molecule has 0 radical (unpaired) electrons. The molecule has 0 spiro atoms. The number of likely N-dealkylation sites (tertiary alicyclic amines) is 1. The number of ether oxygens (including phenoxy) is 2. The van der Waals surface area contributed by atoms with Crippen LogP contribution < -0.4 is 10.6 Å². The number of hydrogen-bond acceptors (Lipinski definition) is 6. The lowest BCUT2D eigenvalue weighted by Gasteiger charge is -2.33. The minimum Gasteiger partial charge on any atom is -0.385 e. The highest BCUT2D eigenvalue weighted by molar-refractivity contribution is 5.84. The molecule has 0 saturated carbocycles. The van der Waals surface area contributed by atoms with Crippen LogP contribution in [0.5, 0.6) is 0 Å². The minimum absolute atomic E-state index is 0.00671. The summed E-state index contributed by atoms with van der Waals surface area (Å²) in [6.07, 6.45) is 3.24. The molecule has 2 saturated heterocycles. The number of nitrogens with zero attached hydrogens (tertiary/aromatic N) is 4. The Hall–Kier alpha value is -1.42. The van der Waals surface area contributed by atoms with Gasteiger partial charge in [0.05, 0.1) is 13.2 Å². The van der Waals surface area contributed by atoms with Gasteiger partial charge >= 0.3 is 0 Å². The Morgan fingerprint density at radius 1 is 1.14 bits per heavy atom. The van der Waals surface area contributed by atoms with Crippen LogP contribution in [0.4, 0.5) is 0 Å². The zero-order valence-corrected chi connectivity index (χ0v) is 18.5. The quantitative estimate of drug-likeness (QED) is 0.283. The van der Waals surface area contributed by atoms with Crippen LogP contribution in [0.15, 0.2) is 4.99 Å². The minimum atomic E-state index is 0.00671. The highest BCUT2D eigenvalue weighted by Crippen LogP contribution is 2.10. The second-order valence-electron chi connectivity index (χ2n) is 7.94. The van der Waals surface area contributed by atoms with Crippen molar-refractivity contribution >= 4 is 11.9 Å². The van der Waals surface area contributed by atoms with E-state index in [9.17, 15) is 4.79 Å². The lowest BCUT2D eigenvalue weighted by Crippen LogP contribution is -2.50. The SMILES string of the molecule is COCCCN1CCC(NC(=NCC(=O)N(C)C)NCCN2CCOCC2)CC1. The fourth-order valence-electron chi connectivity index (χ4n) is 3.52. The molecule has 9 heteroatoms. The molecule has 2 fully saturated rings. The van der Waals surface area contributed by atoms with Gasteiger partial charge in [-0.05, 0) is 19.3 Å². The first-order valence-corrected chi connectivity index (χ1v) is 10.8. The van der Waals surface area contributed by atoms with E-state index in [1.54, 1.807) is 26.1 Å². The van der Waals surface area contributed by atoms with Gasteiger partial charge in [0.1, 0.15) is 6.54 Å². The van der Waals surface area contributed by atoms with Crippen LogP contribution in [0, 0.1) is 0 Å². The number of rotatable bonds is 10. The van der Waals surface area contributed by atoms with Crippen molar-refractivity contribution in [3.05, 3.63) is 0 Å². The van der Waals surface area contributed by atoms with Crippen molar-refractivity contribution in [3.8, 4) is 0 Å². The van der Waals surface area contributed by atoms with Crippen LogP contribution in [-0.4, -0.2) is 126 Å². The molecule has 1 amide bonds. The fraction of sp³-hybridized carbons (Fsp3) is 0.900. The van der Waals surface area contributed by atoms with Gasteiger partial charge < -0.3 is 29.9 Å². The molecule has 2 N–H and O–H groups in total. The van der Waals surface area contributed by atoms with Crippen molar-refractivity contribution in [2.45, 2.75) is 25.3 Å². The highest BCUT2D eigenvalue weighted by atomic mass is 16.5. The third-order valence-electron chi connectivity index (χ3n) is 5.45. The normalized spacial score (nSPS) is 19.9. The fourth-order valence-corrected chi connectivity index (χ4v) is 3.52. The van der Waals surface area contributed by atoms with E-state index in [0.717, 1.165) is 90.9 Å². The molecule has 9 nitrogen and oxygen atoms in total. The number of methoxy groups -OCH3 is 1. The zero-order valence-electron chi connectivity index (χ0n) is 18.5. The van der Waals surface area contributed by atoms with Crippen LogP contribution in [0.25, 0.3) is 0 Å². The molecule has 0 aromatic rings. The van der Waals surface area contributed by atoms with Crippen LogP contribution in [-0.2, 0) is 14.3 Å². The van der Waals surface area contributed by atoms with Gasteiger partial charge in [-0.15, -0.1) is 0 Å². The predicted octanol–water partition coefficient (Wildman–Crippen LogP) is -0.557. The van der Waals surface area contributed by atoms with Gasteiger partial charge in [-0.1, -0.05) is 0 Å². The molecule has 2 heterocycles. The lowest BCUT2D eigenvalue weighted by molar-refractivity contribution is -0.127. The van der Waals surface area contributed by atoms with E-state index in [-0.39, 0.29) is 12.5 Å². The van der Waals surface area contributed by atoms with E-state index < -0.39 is 0 Å². The van der Waals surface area contributed by atoms with Crippen molar-refractivity contribution in [2.24, 2.45) is 4.99 Å². The lowest BCUT2D eigenvalue weighted by atomic mass is 10.1. The zero-order chi connectivity index (χ0) is 20.9. The molecule has 0 atom stereocenters. The second kappa shape index (κ2) is 13.7. The predicted molar refractivity (Wildman–Crippen MR) is 115 cm³/mol. The van der Waals surface area contributed by atoms with E-state index in [2.05, 4.69) is 25.4 Å². The third kappa shape index (κ3) is 9.75. The number of carbonyl (C=O) groups excluding carboxylic acids is 1. The number of amides is 1. The molecule has 0 bridgehead atoms.